The van der Waals surface area contributed by atoms with Gasteiger partial charge in [-0.25, -0.2) is 4.98 Å². The van der Waals surface area contributed by atoms with Crippen molar-refractivity contribution >= 4 is 11.6 Å². The predicted octanol–water partition coefficient (Wildman–Crippen LogP) is 2.23. The molecule has 0 spiro atoms. The third-order valence-electron chi connectivity index (χ3n) is 6.44. The number of nitrogens with two attached hydrogens (primary N) is 1. The van der Waals surface area contributed by atoms with Crippen LogP contribution >= 0.6 is 0 Å². The Hall–Kier alpha value is -3.16. The lowest BCUT2D eigenvalue weighted by atomic mass is 10.1. The van der Waals surface area contributed by atoms with E-state index >= 15 is 0 Å². The van der Waals surface area contributed by atoms with Gasteiger partial charge >= 0.3 is 0 Å². The maximum atomic E-state index is 12.9. The van der Waals surface area contributed by atoms with Crippen molar-refractivity contribution in [3.05, 3.63) is 87.3 Å². The van der Waals surface area contributed by atoms with Gasteiger partial charge in [0.15, 0.2) is 0 Å². The molecule has 0 bridgehead atoms. The molecule has 5 rings (SSSR count). The fourth-order valence-electron chi connectivity index (χ4n) is 4.59. The zero-order chi connectivity index (χ0) is 21.9. The second kappa shape index (κ2) is 9.14. The van der Waals surface area contributed by atoms with E-state index in [0.717, 1.165) is 75.1 Å². The molecule has 0 radical (unpaired) electrons. The molecule has 3 aromatic rings. The van der Waals surface area contributed by atoms with Gasteiger partial charge in [0.05, 0.1) is 11.3 Å². The number of H-pyrrole nitrogens is 1. The molecule has 2 aromatic carbocycles. The molecule has 0 aliphatic carbocycles. The van der Waals surface area contributed by atoms with Crippen molar-refractivity contribution in [2.45, 2.75) is 26.1 Å². The van der Waals surface area contributed by atoms with E-state index in [1.165, 1.54) is 11.1 Å². The normalized spacial score (nSPS) is 17.3. The number of aromatic amines is 1. The first-order valence-electron chi connectivity index (χ1n) is 11.3. The number of rotatable bonds is 5. The van der Waals surface area contributed by atoms with Crippen LogP contribution in [-0.2, 0) is 26.1 Å². The SMILES string of the molecule is Nc1ccc(CN2CCN(c3nc4c(c(=O)[nH]3)CN(Cc3ccccc3)CC4)CC2)cc1. The molecule has 1 aromatic heterocycles. The number of piperazine rings is 1. The topological polar surface area (TPSA) is 81.5 Å². The van der Waals surface area contributed by atoms with Crippen molar-refractivity contribution < 1.29 is 0 Å². The Labute approximate surface area is 188 Å². The Morgan fingerprint density at radius 3 is 2.28 bits per heavy atom. The van der Waals surface area contributed by atoms with Crippen LogP contribution < -0.4 is 16.2 Å². The minimum Gasteiger partial charge on any atom is -0.399 e. The summed E-state index contributed by atoms with van der Waals surface area (Å²) < 4.78 is 0. The van der Waals surface area contributed by atoms with Crippen LogP contribution in [0.2, 0.25) is 0 Å². The Morgan fingerprint density at radius 2 is 1.53 bits per heavy atom. The molecular weight excluding hydrogens is 400 g/mol. The van der Waals surface area contributed by atoms with Crippen LogP contribution in [0.1, 0.15) is 22.4 Å². The van der Waals surface area contributed by atoms with Crippen LogP contribution in [0.15, 0.2) is 59.4 Å². The number of hydrogen-bond donors (Lipinski definition) is 2. The predicted molar refractivity (Wildman–Crippen MR) is 127 cm³/mol. The fourth-order valence-corrected chi connectivity index (χ4v) is 4.59. The quantitative estimate of drug-likeness (QED) is 0.604. The van der Waals surface area contributed by atoms with Crippen LogP contribution in [0.3, 0.4) is 0 Å². The summed E-state index contributed by atoms with van der Waals surface area (Å²) in [7, 11) is 0. The van der Waals surface area contributed by atoms with Gasteiger partial charge in [-0.3, -0.25) is 19.6 Å². The summed E-state index contributed by atoms with van der Waals surface area (Å²) in [5, 5.41) is 0. The first-order chi connectivity index (χ1) is 15.6. The molecular formula is C25H30N6O. The summed E-state index contributed by atoms with van der Waals surface area (Å²) in [5.74, 6) is 0.720. The molecule has 0 unspecified atom stereocenters. The molecule has 1 saturated heterocycles. The van der Waals surface area contributed by atoms with E-state index in [2.05, 4.69) is 56.1 Å². The number of anilines is 2. The van der Waals surface area contributed by atoms with Crippen molar-refractivity contribution in [2.24, 2.45) is 0 Å². The van der Waals surface area contributed by atoms with Crippen LogP contribution in [0, 0.1) is 0 Å². The van der Waals surface area contributed by atoms with E-state index in [1.54, 1.807) is 0 Å². The molecule has 2 aliphatic rings. The summed E-state index contributed by atoms with van der Waals surface area (Å²) in [6.07, 6.45) is 0.816. The largest absolute Gasteiger partial charge is 0.399 e. The third kappa shape index (κ3) is 4.69. The molecule has 7 nitrogen and oxygen atoms in total. The highest BCUT2D eigenvalue weighted by Crippen LogP contribution is 2.19. The van der Waals surface area contributed by atoms with Crippen LogP contribution in [0.4, 0.5) is 11.6 Å². The van der Waals surface area contributed by atoms with Crippen molar-refractivity contribution in [3.63, 3.8) is 0 Å². The van der Waals surface area contributed by atoms with Crippen molar-refractivity contribution in [1.29, 1.82) is 0 Å². The highest BCUT2D eigenvalue weighted by atomic mass is 16.1. The second-order valence-corrected chi connectivity index (χ2v) is 8.77. The van der Waals surface area contributed by atoms with Gasteiger partial charge in [0.25, 0.3) is 5.56 Å². The first kappa shape index (κ1) is 20.7. The summed E-state index contributed by atoms with van der Waals surface area (Å²) in [4.78, 5) is 27.8. The number of benzene rings is 2. The zero-order valence-electron chi connectivity index (χ0n) is 18.3. The number of nitrogen functional groups attached to an aromatic ring is 1. The Morgan fingerprint density at radius 1 is 0.844 bits per heavy atom. The van der Waals surface area contributed by atoms with Gasteiger partial charge in [0.1, 0.15) is 0 Å². The summed E-state index contributed by atoms with van der Waals surface area (Å²) in [6, 6.07) is 18.5. The molecule has 32 heavy (non-hydrogen) atoms. The minimum atomic E-state index is 0.00654. The number of nitrogens with one attached hydrogen (secondary N) is 1. The fraction of sp³-hybridized carbons (Fsp3) is 0.360. The summed E-state index contributed by atoms with van der Waals surface area (Å²) in [5.41, 5.74) is 10.9. The molecule has 1 fully saturated rings. The van der Waals surface area contributed by atoms with Gasteiger partial charge in [-0.15, -0.1) is 0 Å². The molecule has 0 atom stereocenters. The highest BCUT2D eigenvalue weighted by Gasteiger charge is 2.24. The molecule has 166 valence electrons. The van der Waals surface area contributed by atoms with Gasteiger partial charge in [0.2, 0.25) is 5.95 Å². The van der Waals surface area contributed by atoms with E-state index < -0.39 is 0 Å². The molecule has 3 N–H and O–H groups in total. The maximum absolute atomic E-state index is 12.9. The molecule has 0 saturated carbocycles. The Bertz CT molecular complexity index is 1100. The van der Waals surface area contributed by atoms with Gasteiger partial charge in [0, 0.05) is 64.5 Å². The number of fused-ring (bicyclic) bond motifs is 1. The van der Waals surface area contributed by atoms with E-state index in [0.29, 0.717) is 6.54 Å². The monoisotopic (exact) mass is 430 g/mol. The second-order valence-electron chi connectivity index (χ2n) is 8.77. The lowest BCUT2D eigenvalue weighted by molar-refractivity contribution is 0.240. The van der Waals surface area contributed by atoms with E-state index in [1.807, 2.05) is 18.2 Å². The van der Waals surface area contributed by atoms with Gasteiger partial charge < -0.3 is 10.6 Å². The van der Waals surface area contributed by atoms with Crippen molar-refractivity contribution in [3.8, 4) is 0 Å². The lowest BCUT2D eigenvalue weighted by Gasteiger charge is -2.35. The van der Waals surface area contributed by atoms with Crippen molar-refractivity contribution in [1.82, 2.24) is 19.8 Å². The zero-order valence-corrected chi connectivity index (χ0v) is 18.3. The average molecular weight is 431 g/mol. The molecule has 3 heterocycles. The Kier molecular flexibility index (Phi) is 5.92. The van der Waals surface area contributed by atoms with E-state index in [-0.39, 0.29) is 5.56 Å². The molecule has 2 aliphatic heterocycles. The summed E-state index contributed by atoms with van der Waals surface area (Å²) >= 11 is 0. The van der Waals surface area contributed by atoms with Crippen LogP contribution in [-0.4, -0.2) is 52.5 Å². The number of hydrogen-bond acceptors (Lipinski definition) is 6. The molecule has 0 amide bonds. The average Bonchev–Trinajstić information content (AvgIpc) is 2.82. The summed E-state index contributed by atoms with van der Waals surface area (Å²) in [6.45, 7) is 6.95. The maximum Gasteiger partial charge on any atom is 0.257 e. The smallest absolute Gasteiger partial charge is 0.257 e. The van der Waals surface area contributed by atoms with E-state index in [4.69, 9.17) is 10.7 Å². The number of nitrogens with zero attached hydrogens (tertiary/aromatic N) is 4. The standard InChI is InChI=1S/C25H30N6O/c26-21-8-6-20(7-9-21)16-29-12-14-31(15-13-29)25-27-23-10-11-30(18-22(23)24(32)28-25)17-19-4-2-1-3-5-19/h1-9H,10-18,26H2,(H,27,28,32). The minimum absolute atomic E-state index is 0.00654. The van der Waals surface area contributed by atoms with Crippen LogP contribution in [0.25, 0.3) is 0 Å². The van der Waals surface area contributed by atoms with Gasteiger partial charge in [-0.05, 0) is 23.3 Å². The first-order valence-corrected chi connectivity index (χ1v) is 11.3. The highest BCUT2D eigenvalue weighted by molar-refractivity contribution is 5.39. The Balaban J connectivity index is 1.21. The van der Waals surface area contributed by atoms with Crippen LogP contribution in [0.5, 0.6) is 0 Å². The molecule has 7 heteroatoms. The van der Waals surface area contributed by atoms with Gasteiger partial charge in [-0.1, -0.05) is 42.5 Å². The number of aromatic nitrogens is 2. The lowest BCUT2D eigenvalue weighted by Crippen LogP contribution is -2.47. The van der Waals surface area contributed by atoms with E-state index in [9.17, 15) is 4.79 Å². The van der Waals surface area contributed by atoms with Gasteiger partial charge in [-0.2, -0.15) is 0 Å². The third-order valence-corrected chi connectivity index (χ3v) is 6.44. The van der Waals surface area contributed by atoms with Crippen molar-refractivity contribution in [2.75, 3.05) is 43.4 Å².